The first kappa shape index (κ1) is 18.9. The predicted octanol–water partition coefficient (Wildman–Crippen LogP) is 3.29. The van der Waals surface area contributed by atoms with Crippen molar-refractivity contribution in [1.29, 1.82) is 0 Å². The second kappa shape index (κ2) is 10.6. The lowest BCUT2D eigenvalue weighted by Gasteiger charge is -2.30. The molecule has 0 aromatic carbocycles. The molecule has 0 heterocycles. The summed E-state index contributed by atoms with van der Waals surface area (Å²) in [6.45, 7) is 18.5. The lowest BCUT2D eigenvalue weighted by molar-refractivity contribution is 0.0298. The molecule has 3 nitrogen and oxygen atoms in total. The van der Waals surface area contributed by atoms with Gasteiger partial charge in [0.2, 0.25) is 0 Å². The van der Waals surface area contributed by atoms with E-state index in [9.17, 15) is 0 Å². The normalized spacial score (nSPS) is 14.1. The number of ether oxygens (including phenoxy) is 1. The second-order valence-corrected chi connectivity index (χ2v) is 6.36. The number of nitrogens with zero attached hydrogens (tertiary/aromatic N) is 1. The van der Waals surface area contributed by atoms with Crippen LogP contribution in [0.1, 0.15) is 61.3 Å². The SMILES string of the molecule is CC(C)NCCCC(C)OCCN(C(C)C)C(C)C. The van der Waals surface area contributed by atoms with E-state index in [1.807, 2.05) is 0 Å². The summed E-state index contributed by atoms with van der Waals surface area (Å²) in [6.07, 6.45) is 2.70. The molecule has 3 heteroatoms. The quantitative estimate of drug-likeness (QED) is 0.584. The summed E-state index contributed by atoms with van der Waals surface area (Å²) in [4.78, 5) is 2.48. The largest absolute Gasteiger partial charge is 0.377 e. The standard InChI is InChI=1S/C16H36N2O/c1-13(2)17-10-8-9-16(7)19-12-11-18(14(3)4)15(5)6/h13-17H,8-12H2,1-7H3. The molecule has 1 atom stereocenters. The molecule has 0 saturated heterocycles. The zero-order chi connectivity index (χ0) is 14.8. The fraction of sp³-hybridized carbons (Fsp3) is 1.00. The first-order valence-electron chi connectivity index (χ1n) is 7.95. The van der Waals surface area contributed by atoms with Gasteiger partial charge < -0.3 is 10.1 Å². The number of hydrogen-bond acceptors (Lipinski definition) is 3. The van der Waals surface area contributed by atoms with Gasteiger partial charge in [0.05, 0.1) is 12.7 Å². The van der Waals surface area contributed by atoms with Crippen LogP contribution in [-0.4, -0.2) is 48.8 Å². The van der Waals surface area contributed by atoms with E-state index in [1.165, 1.54) is 6.42 Å². The van der Waals surface area contributed by atoms with Crippen LogP contribution >= 0.6 is 0 Å². The summed E-state index contributed by atoms with van der Waals surface area (Å²) < 4.78 is 5.91. The van der Waals surface area contributed by atoms with Crippen LogP contribution in [0.4, 0.5) is 0 Å². The first-order chi connectivity index (χ1) is 8.84. The third-order valence-electron chi connectivity index (χ3n) is 3.42. The Bertz CT molecular complexity index is 197. The molecule has 0 aliphatic carbocycles. The zero-order valence-corrected chi connectivity index (χ0v) is 14.2. The van der Waals surface area contributed by atoms with Crippen molar-refractivity contribution in [2.45, 2.75) is 85.5 Å². The highest BCUT2D eigenvalue weighted by atomic mass is 16.5. The fourth-order valence-corrected chi connectivity index (χ4v) is 2.34. The van der Waals surface area contributed by atoms with Crippen molar-refractivity contribution in [2.24, 2.45) is 0 Å². The maximum absolute atomic E-state index is 5.91. The van der Waals surface area contributed by atoms with Crippen molar-refractivity contribution in [3.8, 4) is 0 Å². The van der Waals surface area contributed by atoms with Crippen LogP contribution in [0.5, 0.6) is 0 Å². The van der Waals surface area contributed by atoms with Crippen LogP contribution in [0, 0.1) is 0 Å². The van der Waals surface area contributed by atoms with E-state index in [2.05, 4.69) is 58.7 Å². The predicted molar refractivity (Wildman–Crippen MR) is 84.8 cm³/mol. The van der Waals surface area contributed by atoms with Crippen molar-refractivity contribution < 1.29 is 4.74 Å². The molecular formula is C16H36N2O. The van der Waals surface area contributed by atoms with Gasteiger partial charge in [-0.3, -0.25) is 4.90 Å². The summed E-state index contributed by atoms with van der Waals surface area (Å²) >= 11 is 0. The number of rotatable bonds is 11. The van der Waals surface area contributed by atoms with Gasteiger partial charge in [-0.1, -0.05) is 13.8 Å². The summed E-state index contributed by atoms with van der Waals surface area (Å²) in [7, 11) is 0. The minimum Gasteiger partial charge on any atom is -0.377 e. The molecule has 116 valence electrons. The van der Waals surface area contributed by atoms with Crippen molar-refractivity contribution in [2.75, 3.05) is 19.7 Å². The van der Waals surface area contributed by atoms with Crippen LogP contribution in [0.2, 0.25) is 0 Å². The molecule has 0 aromatic heterocycles. The minimum absolute atomic E-state index is 0.370. The lowest BCUT2D eigenvalue weighted by atomic mass is 10.2. The highest BCUT2D eigenvalue weighted by molar-refractivity contribution is 4.67. The van der Waals surface area contributed by atoms with Gasteiger partial charge in [0.15, 0.2) is 0 Å². The molecule has 1 unspecified atom stereocenters. The zero-order valence-electron chi connectivity index (χ0n) is 14.2. The molecule has 19 heavy (non-hydrogen) atoms. The average Bonchev–Trinajstić information content (AvgIpc) is 2.29. The molecule has 0 aliphatic rings. The monoisotopic (exact) mass is 272 g/mol. The van der Waals surface area contributed by atoms with E-state index < -0.39 is 0 Å². The molecule has 0 rings (SSSR count). The van der Waals surface area contributed by atoms with Crippen molar-refractivity contribution in [1.82, 2.24) is 10.2 Å². The topological polar surface area (TPSA) is 24.5 Å². The van der Waals surface area contributed by atoms with Crippen LogP contribution in [0.25, 0.3) is 0 Å². The second-order valence-electron chi connectivity index (χ2n) is 6.36. The summed E-state index contributed by atoms with van der Waals surface area (Å²) in [6, 6.07) is 1.77. The highest BCUT2D eigenvalue weighted by Crippen LogP contribution is 2.06. The van der Waals surface area contributed by atoms with Gasteiger partial charge in [0, 0.05) is 24.7 Å². The average molecular weight is 272 g/mol. The van der Waals surface area contributed by atoms with Gasteiger partial charge in [-0.05, 0) is 54.0 Å². The maximum atomic E-state index is 5.91. The van der Waals surface area contributed by atoms with Crippen LogP contribution in [0.3, 0.4) is 0 Å². The number of nitrogens with one attached hydrogen (secondary N) is 1. The first-order valence-corrected chi connectivity index (χ1v) is 7.95. The lowest BCUT2D eigenvalue weighted by Crippen LogP contribution is -2.39. The van der Waals surface area contributed by atoms with Gasteiger partial charge in [-0.2, -0.15) is 0 Å². The maximum Gasteiger partial charge on any atom is 0.0597 e. The molecule has 0 aliphatic heterocycles. The van der Waals surface area contributed by atoms with Gasteiger partial charge in [0.25, 0.3) is 0 Å². The van der Waals surface area contributed by atoms with Crippen molar-refractivity contribution in [3.63, 3.8) is 0 Å². The molecule has 0 aromatic rings. The Hall–Kier alpha value is -0.120. The van der Waals surface area contributed by atoms with E-state index >= 15 is 0 Å². The Morgan fingerprint density at radius 2 is 1.53 bits per heavy atom. The van der Waals surface area contributed by atoms with Gasteiger partial charge >= 0.3 is 0 Å². The van der Waals surface area contributed by atoms with Gasteiger partial charge in [-0.25, -0.2) is 0 Å². The molecule has 1 N–H and O–H groups in total. The number of hydrogen-bond donors (Lipinski definition) is 1. The Kier molecular flexibility index (Phi) is 10.6. The van der Waals surface area contributed by atoms with Crippen LogP contribution in [-0.2, 0) is 4.74 Å². The molecule has 0 radical (unpaired) electrons. The summed E-state index contributed by atoms with van der Waals surface area (Å²) in [5.74, 6) is 0. The van der Waals surface area contributed by atoms with Crippen LogP contribution < -0.4 is 5.32 Å². The van der Waals surface area contributed by atoms with Gasteiger partial charge in [-0.15, -0.1) is 0 Å². The molecule has 0 amide bonds. The molecule has 0 saturated carbocycles. The fourth-order valence-electron chi connectivity index (χ4n) is 2.34. The molecule has 0 spiro atoms. The van der Waals surface area contributed by atoms with Crippen molar-refractivity contribution >= 4 is 0 Å². The molecule has 0 bridgehead atoms. The van der Waals surface area contributed by atoms with Gasteiger partial charge in [0.1, 0.15) is 0 Å². The Labute approximate surface area is 121 Å². The van der Waals surface area contributed by atoms with Crippen molar-refractivity contribution in [3.05, 3.63) is 0 Å². The minimum atomic E-state index is 0.370. The third kappa shape index (κ3) is 10.3. The highest BCUT2D eigenvalue weighted by Gasteiger charge is 2.13. The molecule has 0 fully saturated rings. The van der Waals surface area contributed by atoms with E-state index in [0.29, 0.717) is 24.2 Å². The van der Waals surface area contributed by atoms with E-state index in [1.54, 1.807) is 0 Å². The third-order valence-corrected chi connectivity index (χ3v) is 3.42. The van der Waals surface area contributed by atoms with E-state index in [-0.39, 0.29) is 0 Å². The van der Waals surface area contributed by atoms with E-state index in [4.69, 9.17) is 4.74 Å². The van der Waals surface area contributed by atoms with Crippen LogP contribution in [0.15, 0.2) is 0 Å². The summed E-state index contributed by atoms with van der Waals surface area (Å²) in [5, 5.41) is 3.44. The Morgan fingerprint density at radius 1 is 0.947 bits per heavy atom. The summed E-state index contributed by atoms with van der Waals surface area (Å²) in [5.41, 5.74) is 0. The Balaban J connectivity index is 3.64. The smallest absolute Gasteiger partial charge is 0.0597 e. The van der Waals surface area contributed by atoms with E-state index in [0.717, 1.165) is 26.1 Å². The Morgan fingerprint density at radius 3 is 2.00 bits per heavy atom. The molecular weight excluding hydrogens is 236 g/mol.